The Kier molecular flexibility index (Phi) is 4.91. The van der Waals surface area contributed by atoms with Crippen molar-refractivity contribution < 1.29 is 4.39 Å². The molecule has 0 bridgehead atoms. The molecule has 0 radical (unpaired) electrons. The van der Waals surface area contributed by atoms with Gasteiger partial charge in [0.15, 0.2) is 0 Å². The number of hydrogen-bond acceptors (Lipinski definition) is 2. The van der Waals surface area contributed by atoms with Crippen molar-refractivity contribution in [2.45, 2.75) is 13.5 Å². The topological polar surface area (TPSA) is 27.0 Å². The van der Waals surface area contributed by atoms with Gasteiger partial charge in [-0.2, -0.15) is 5.26 Å². The van der Waals surface area contributed by atoms with Gasteiger partial charge in [0.1, 0.15) is 5.82 Å². The van der Waals surface area contributed by atoms with E-state index in [0.717, 1.165) is 10.0 Å². The summed E-state index contributed by atoms with van der Waals surface area (Å²) < 4.78 is 13.6. The van der Waals surface area contributed by atoms with Crippen molar-refractivity contribution in [3.05, 3.63) is 34.1 Å². The monoisotopic (exact) mass is 284 g/mol. The number of halogens is 2. The Morgan fingerprint density at radius 3 is 2.81 bits per heavy atom. The van der Waals surface area contributed by atoms with Crippen LogP contribution in [0.1, 0.15) is 12.5 Å². The smallest absolute Gasteiger partial charge is 0.124 e. The summed E-state index contributed by atoms with van der Waals surface area (Å²) in [5, 5.41) is 8.71. The Bertz CT molecular complexity index is 400. The number of nitrogens with zero attached hydrogens (tertiary/aromatic N) is 2. The third-order valence-corrected chi connectivity index (χ3v) is 3.00. The molecule has 1 atom stereocenters. The van der Waals surface area contributed by atoms with Gasteiger partial charge in [-0.25, -0.2) is 4.39 Å². The van der Waals surface area contributed by atoms with Crippen LogP contribution in [0.3, 0.4) is 0 Å². The lowest BCUT2D eigenvalue weighted by molar-refractivity contribution is 0.302. The predicted octanol–water partition coefficient (Wildman–Crippen LogP) is 3.18. The lowest BCUT2D eigenvalue weighted by Gasteiger charge is -2.18. The van der Waals surface area contributed by atoms with Crippen LogP contribution >= 0.6 is 15.9 Å². The zero-order chi connectivity index (χ0) is 12.1. The Morgan fingerprint density at radius 1 is 1.56 bits per heavy atom. The maximum atomic E-state index is 12.9. The van der Waals surface area contributed by atoms with Crippen molar-refractivity contribution in [2.24, 2.45) is 5.92 Å². The average Bonchev–Trinajstić information content (AvgIpc) is 2.22. The van der Waals surface area contributed by atoms with Crippen LogP contribution in [0, 0.1) is 23.1 Å². The second-order valence-electron chi connectivity index (χ2n) is 3.96. The van der Waals surface area contributed by atoms with Crippen LogP contribution in [0.25, 0.3) is 0 Å². The van der Waals surface area contributed by atoms with Gasteiger partial charge in [0, 0.05) is 17.6 Å². The Morgan fingerprint density at radius 2 is 2.25 bits per heavy atom. The normalized spacial score (nSPS) is 12.5. The van der Waals surface area contributed by atoms with Crippen LogP contribution < -0.4 is 0 Å². The molecule has 0 spiro atoms. The molecule has 0 N–H and O–H groups in total. The minimum atomic E-state index is -0.247. The highest BCUT2D eigenvalue weighted by Crippen LogP contribution is 2.19. The van der Waals surface area contributed by atoms with Crippen LogP contribution in [-0.4, -0.2) is 18.5 Å². The fourth-order valence-electron chi connectivity index (χ4n) is 1.51. The van der Waals surface area contributed by atoms with E-state index in [4.69, 9.17) is 5.26 Å². The van der Waals surface area contributed by atoms with Crippen LogP contribution in [0.15, 0.2) is 22.7 Å². The molecule has 86 valence electrons. The summed E-state index contributed by atoms with van der Waals surface area (Å²) in [5.74, 6) is -0.243. The van der Waals surface area contributed by atoms with Crippen LogP contribution in [-0.2, 0) is 6.54 Å². The van der Waals surface area contributed by atoms with Gasteiger partial charge in [0.25, 0.3) is 0 Å². The molecule has 1 aromatic carbocycles. The van der Waals surface area contributed by atoms with E-state index in [2.05, 4.69) is 22.0 Å². The van der Waals surface area contributed by atoms with Gasteiger partial charge in [0.05, 0.1) is 12.0 Å². The SMILES string of the molecule is CC(C#N)CN(C)Cc1ccc(F)cc1Br. The maximum Gasteiger partial charge on any atom is 0.124 e. The highest BCUT2D eigenvalue weighted by atomic mass is 79.9. The van der Waals surface area contributed by atoms with Crippen molar-refractivity contribution in [1.82, 2.24) is 4.90 Å². The van der Waals surface area contributed by atoms with Gasteiger partial charge in [-0.1, -0.05) is 22.0 Å². The van der Waals surface area contributed by atoms with Crippen molar-refractivity contribution in [2.75, 3.05) is 13.6 Å². The van der Waals surface area contributed by atoms with E-state index in [1.54, 1.807) is 6.07 Å². The molecule has 0 aliphatic heterocycles. The summed E-state index contributed by atoms with van der Waals surface area (Å²) in [4.78, 5) is 2.05. The molecular weight excluding hydrogens is 271 g/mol. The van der Waals surface area contributed by atoms with E-state index >= 15 is 0 Å². The second kappa shape index (κ2) is 5.97. The lowest BCUT2D eigenvalue weighted by Crippen LogP contribution is -2.23. The molecule has 4 heteroatoms. The fourth-order valence-corrected chi connectivity index (χ4v) is 1.99. The first kappa shape index (κ1) is 13.1. The summed E-state index contributed by atoms with van der Waals surface area (Å²) in [6.45, 7) is 3.30. The average molecular weight is 285 g/mol. The molecule has 0 heterocycles. The van der Waals surface area contributed by atoms with E-state index in [1.807, 2.05) is 18.9 Å². The third kappa shape index (κ3) is 3.92. The molecule has 1 aromatic rings. The summed E-state index contributed by atoms with van der Waals surface area (Å²) in [6.07, 6.45) is 0. The van der Waals surface area contributed by atoms with E-state index in [0.29, 0.717) is 13.1 Å². The highest BCUT2D eigenvalue weighted by molar-refractivity contribution is 9.10. The first-order valence-electron chi connectivity index (χ1n) is 5.05. The fraction of sp³-hybridized carbons (Fsp3) is 0.417. The quantitative estimate of drug-likeness (QED) is 0.849. The number of hydrogen-bond donors (Lipinski definition) is 0. The summed E-state index contributed by atoms with van der Waals surface area (Å²) in [7, 11) is 1.95. The van der Waals surface area contributed by atoms with Crippen molar-refractivity contribution >= 4 is 15.9 Å². The van der Waals surface area contributed by atoms with Gasteiger partial charge in [-0.05, 0) is 31.7 Å². The first-order chi connectivity index (χ1) is 7.52. The molecule has 0 fully saturated rings. The molecule has 0 aliphatic carbocycles. The van der Waals surface area contributed by atoms with Gasteiger partial charge >= 0.3 is 0 Å². The molecule has 0 saturated heterocycles. The summed E-state index contributed by atoms with van der Waals surface area (Å²) in [5.41, 5.74) is 1.02. The molecule has 1 rings (SSSR count). The second-order valence-corrected chi connectivity index (χ2v) is 4.82. The minimum absolute atomic E-state index is 0.00391. The van der Waals surface area contributed by atoms with E-state index in [1.165, 1.54) is 12.1 Å². The molecule has 0 saturated carbocycles. The van der Waals surface area contributed by atoms with Crippen LogP contribution in [0.5, 0.6) is 0 Å². The standard InChI is InChI=1S/C12H14BrFN2/c1-9(6-15)7-16(2)8-10-3-4-11(14)5-12(10)13/h3-5,9H,7-8H2,1-2H3. The maximum absolute atomic E-state index is 12.9. The molecule has 0 amide bonds. The first-order valence-corrected chi connectivity index (χ1v) is 5.84. The van der Waals surface area contributed by atoms with E-state index in [9.17, 15) is 4.39 Å². The van der Waals surface area contributed by atoms with Gasteiger partial charge in [0.2, 0.25) is 0 Å². The third-order valence-electron chi connectivity index (χ3n) is 2.26. The highest BCUT2D eigenvalue weighted by Gasteiger charge is 2.08. The predicted molar refractivity (Wildman–Crippen MR) is 65.2 cm³/mol. The Balaban J connectivity index is 2.63. The minimum Gasteiger partial charge on any atom is -0.301 e. The zero-order valence-electron chi connectivity index (χ0n) is 9.37. The van der Waals surface area contributed by atoms with Gasteiger partial charge in [-0.3, -0.25) is 0 Å². The lowest BCUT2D eigenvalue weighted by atomic mass is 10.1. The molecule has 1 unspecified atom stereocenters. The number of nitriles is 1. The van der Waals surface area contributed by atoms with Crippen molar-refractivity contribution in [1.29, 1.82) is 5.26 Å². The number of rotatable bonds is 4. The van der Waals surface area contributed by atoms with Crippen molar-refractivity contribution in [3.8, 4) is 6.07 Å². The largest absolute Gasteiger partial charge is 0.301 e. The molecule has 0 aromatic heterocycles. The Hall–Kier alpha value is -0.920. The van der Waals surface area contributed by atoms with Gasteiger partial charge in [-0.15, -0.1) is 0 Å². The van der Waals surface area contributed by atoms with E-state index < -0.39 is 0 Å². The van der Waals surface area contributed by atoms with Crippen LogP contribution in [0.2, 0.25) is 0 Å². The summed E-state index contributed by atoms with van der Waals surface area (Å²) in [6, 6.07) is 6.85. The van der Waals surface area contributed by atoms with Gasteiger partial charge < -0.3 is 4.90 Å². The zero-order valence-corrected chi connectivity index (χ0v) is 11.0. The molecule has 2 nitrogen and oxygen atoms in total. The molecule has 0 aliphatic rings. The van der Waals surface area contributed by atoms with Crippen molar-refractivity contribution in [3.63, 3.8) is 0 Å². The van der Waals surface area contributed by atoms with E-state index in [-0.39, 0.29) is 11.7 Å². The molecule has 16 heavy (non-hydrogen) atoms. The Labute approximate surface area is 104 Å². The number of benzene rings is 1. The summed E-state index contributed by atoms with van der Waals surface area (Å²) >= 11 is 3.33. The molecular formula is C12H14BrFN2. The van der Waals surface area contributed by atoms with Crippen LogP contribution in [0.4, 0.5) is 4.39 Å².